The number of nitrogens with zero attached hydrogens (tertiary/aromatic N) is 3. The van der Waals surface area contributed by atoms with Gasteiger partial charge in [-0.15, -0.1) is 0 Å². The molecule has 1 N–H and O–H groups in total. The van der Waals surface area contributed by atoms with Crippen molar-refractivity contribution in [1.82, 2.24) is 14.8 Å². The van der Waals surface area contributed by atoms with Gasteiger partial charge in [0.2, 0.25) is 0 Å². The van der Waals surface area contributed by atoms with Crippen LogP contribution >= 0.6 is 11.6 Å². The minimum absolute atomic E-state index is 0.308. The third-order valence-electron chi connectivity index (χ3n) is 11.6. The molecule has 0 amide bonds. The zero-order chi connectivity index (χ0) is 37.5. The van der Waals surface area contributed by atoms with Gasteiger partial charge in [-0.3, -0.25) is 14.7 Å². The lowest BCUT2D eigenvalue weighted by molar-refractivity contribution is -0.142. The first-order valence-corrected chi connectivity index (χ1v) is 19.7. The highest BCUT2D eigenvalue weighted by Gasteiger charge is 2.37. The molecule has 4 aromatic rings. The van der Waals surface area contributed by atoms with E-state index >= 15 is 0 Å². The van der Waals surface area contributed by atoms with Crippen molar-refractivity contribution in [1.29, 1.82) is 0 Å². The van der Waals surface area contributed by atoms with E-state index in [0.717, 1.165) is 90.4 Å². The molecule has 3 saturated heterocycles. The van der Waals surface area contributed by atoms with Crippen molar-refractivity contribution in [3.8, 4) is 28.4 Å². The van der Waals surface area contributed by atoms with Crippen LogP contribution in [-0.4, -0.2) is 77.9 Å². The molecule has 0 radical (unpaired) electrons. The van der Waals surface area contributed by atoms with Gasteiger partial charge in [-0.2, -0.15) is 0 Å². The second kappa shape index (κ2) is 17.5. The van der Waals surface area contributed by atoms with E-state index in [1.807, 2.05) is 29.2 Å². The molecular formula is C44H52ClN3O6. The summed E-state index contributed by atoms with van der Waals surface area (Å²) in [7, 11) is 0. The molecule has 1 atom stereocenters. The Bertz CT molecular complexity index is 1890. The van der Waals surface area contributed by atoms with Crippen molar-refractivity contribution in [2.45, 2.75) is 78.2 Å². The molecule has 0 saturated carbocycles. The first-order chi connectivity index (χ1) is 26.3. The number of rotatable bonds is 15. The maximum Gasteiger partial charge on any atom is 0.320 e. The molecule has 9 nitrogen and oxygen atoms in total. The number of hydrogen-bond donors (Lipinski definition) is 1. The Hall–Kier alpha value is -4.15. The van der Waals surface area contributed by atoms with Gasteiger partial charge in [0.15, 0.2) is 0 Å². The van der Waals surface area contributed by atoms with E-state index in [-0.39, 0.29) is 0 Å². The summed E-state index contributed by atoms with van der Waals surface area (Å²) in [6, 6.07) is 19.6. The standard InChI is InChI=1S/C44H52ClN3O6/c1-31-34(9-3-10-36(31)37-11-4-13-40(32(37)2)52-22-7-18-47-20-14-44(15-21-47)16-23-51-30-44)29-54-42-25-41(53-28-33-8-5-17-46-26-33)35(24-38(42)45)27-48-19-6-12-39(48)43(49)50/h3-5,8-11,13,17,24-26,39H,6-7,12,14-16,18-23,27-30H2,1-2H3,(H,49,50)/t39-/m0/s1. The van der Waals surface area contributed by atoms with E-state index in [0.29, 0.717) is 61.3 Å². The normalized spacial score (nSPS) is 18.6. The molecule has 0 bridgehead atoms. The van der Waals surface area contributed by atoms with Crippen molar-refractivity contribution >= 4 is 17.6 Å². The highest BCUT2D eigenvalue weighted by atomic mass is 35.5. The van der Waals surface area contributed by atoms with Crippen LogP contribution in [0.4, 0.5) is 0 Å². The number of aromatic nitrogens is 1. The fourth-order valence-corrected chi connectivity index (χ4v) is 8.46. The lowest BCUT2D eigenvalue weighted by Crippen LogP contribution is -2.41. The average Bonchev–Trinajstić information content (AvgIpc) is 3.85. The molecule has 4 heterocycles. The van der Waals surface area contributed by atoms with Gasteiger partial charge in [0, 0.05) is 49.3 Å². The maximum absolute atomic E-state index is 11.9. The van der Waals surface area contributed by atoms with Gasteiger partial charge in [0.05, 0.1) is 18.2 Å². The van der Waals surface area contributed by atoms with Gasteiger partial charge >= 0.3 is 5.97 Å². The van der Waals surface area contributed by atoms with Crippen molar-refractivity contribution in [2.75, 3.05) is 46.0 Å². The highest BCUT2D eigenvalue weighted by Crippen LogP contribution is 2.40. The Morgan fingerprint density at radius 1 is 0.907 bits per heavy atom. The van der Waals surface area contributed by atoms with Crippen LogP contribution < -0.4 is 14.2 Å². The minimum atomic E-state index is -0.806. The molecule has 3 aromatic carbocycles. The molecule has 286 valence electrons. The summed E-state index contributed by atoms with van der Waals surface area (Å²) in [5.74, 6) is 1.23. The van der Waals surface area contributed by atoms with E-state index in [2.05, 4.69) is 60.1 Å². The number of ether oxygens (including phenoxy) is 4. The summed E-state index contributed by atoms with van der Waals surface area (Å²) in [6.07, 6.45) is 9.67. The second-order valence-corrected chi connectivity index (χ2v) is 15.6. The summed E-state index contributed by atoms with van der Waals surface area (Å²) in [5.41, 5.74) is 7.75. The van der Waals surface area contributed by atoms with E-state index in [9.17, 15) is 9.90 Å². The Kier molecular flexibility index (Phi) is 12.4. The van der Waals surface area contributed by atoms with Crippen molar-refractivity contribution in [3.63, 3.8) is 0 Å². The van der Waals surface area contributed by atoms with Crippen LogP contribution in [0.3, 0.4) is 0 Å². The zero-order valence-electron chi connectivity index (χ0n) is 31.5. The van der Waals surface area contributed by atoms with Crippen LogP contribution in [0.2, 0.25) is 5.02 Å². The summed E-state index contributed by atoms with van der Waals surface area (Å²) >= 11 is 6.85. The van der Waals surface area contributed by atoms with Crippen molar-refractivity contribution in [3.05, 3.63) is 106 Å². The van der Waals surface area contributed by atoms with Crippen LogP contribution in [0.15, 0.2) is 73.1 Å². The quantitative estimate of drug-likeness (QED) is 0.120. The van der Waals surface area contributed by atoms with Crippen LogP contribution in [0, 0.1) is 19.3 Å². The van der Waals surface area contributed by atoms with Crippen molar-refractivity contribution < 1.29 is 28.8 Å². The van der Waals surface area contributed by atoms with Gasteiger partial charge in [0.1, 0.15) is 36.5 Å². The van der Waals surface area contributed by atoms with Crippen LogP contribution in [0.25, 0.3) is 11.1 Å². The number of likely N-dealkylation sites (tertiary alicyclic amines) is 2. The minimum Gasteiger partial charge on any atom is -0.493 e. The fourth-order valence-electron chi connectivity index (χ4n) is 8.22. The lowest BCUT2D eigenvalue weighted by atomic mass is 9.78. The number of halogens is 1. The first-order valence-electron chi connectivity index (χ1n) is 19.3. The Balaban J connectivity index is 1.01. The predicted octanol–water partition coefficient (Wildman–Crippen LogP) is 8.50. The maximum atomic E-state index is 11.9. The summed E-state index contributed by atoms with van der Waals surface area (Å²) in [6.45, 7) is 11.9. The third-order valence-corrected chi connectivity index (χ3v) is 11.9. The smallest absolute Gasteiger partial charge is 0.320 e. The molecule has 3 fully saturated rings. The number of piperidine rings is 1. The summed E-state index contributed by atoms with van der Waals surface area (Å²) in [5, 5.41) is 10.2. The molecule has 7 rings (SSSR count). The fraction of sp³-hybridized carbons (Fsp3) is 0.455. The number of carbonyl (C=O) groups is 1. The largest absolute Gasteiger partial charge is 0.493 e. The van der Waals surface area contributed by atoms with Crippen LogP contribution in [-0.2, 0) is 29.3 Å². The Morgan fingerprint density at radius 2 is 1.70 bits per heavy atom. The number of benzene rings is 3. The highest BCUT2D eigenvalue weighted by molar-refractivity contribution is 6.32. The SMILES string of the molecule is Cc1c(COc2cc(OCc3cccnc3)c(CN3CCC[C@H]3C(=O)O)cc2Cl)cccc1-c1cccc(OCCCN2CCC3(CCOC3)CC2)c1C. The summed E-state index contributed by atoms with van der Waals surface area (Å²) < 4.78 is 24.8. The third kappa shape index (κ3) is 9.03. The first kappa shape index (κ1) is 38.1. The number of hydrogen-bond acceptors (Lipinski definition) is 8. The Morgan fingerprint density at radius 3 is 2.46 bits per heavy atom. The molecule has 3 aliphatic rings. The molecule has 1 aromatic heterocycles. The average molecular weight is 754 g/mol. The molecule has 10 heteroatoms. The molecule has 3 aliphatic heterocycles. The molecule has 54 heavy (non-hydrogen) atoms. The van der Waals surface area contributed by atoms with E-state index in [1.165, 1.54) is 19.3 Å². The molecule has 1 spiro atoms. The molecular weight excluding hydrogens is 702 g/mol. The summed E-state index contributed by atoms with van der Waals surface area (Å²) in [4.78, 5) is 20.7. The lowest BCUT2D eigenvalue weighted by Gasteiger charge is -2.38. The molecule has 0 unspecified atom stereocenters. The topological polar surface area (TPSA) is 93.6 Å². The van der Waals surface area contributed by atoms with Crippen LogP contribution in [0.1, 0.15) is 66.3 Å². The van der Waals surface area contributed by atoms with Gasteiger partial charge < -0.3 is 29.0 Å². The Labute approximate surface area is 324 Å². The predicted molar refractivity (Wildman–Crippen MR) is 210 cm³/mol. The van der Waals surface area contributed by atoms with Crippen molar-refractivity contribution in [2.24, 2.45) is 5.41 Å². The molecule has 0 aliphatic carbocycles. The second-order valence-electron chi connectivity index (χ2n) is 15.2. The number of pyridine rings is 1. The zero-order valence-corrected chi connectivity index (χ0v) is 32.3. The number of carboxylic acid groups (broad SMARTS) is 1. The monoisotopic (exact) mass is 753 g/mol. The van der Waals surface area contributed by atoms with Crippen LogP contribution in [0.5, 0.6) is 17.2 Å². The van der Waals surface area contributed by atoms with Gasteiger partial charge in [-0.05, 0) is 123 Å². The van der Waals surface area contributed by atoms with Gasteiger partial charge in [-0.25, -0.2) is 0 Å². The van der Waals surface area contributed by atoms with E-state index < -0.39 is 12.0 Å². The van der Waals surface area contributed by atoms with E-state index in [4.69, 9.17) is 30.5 Å². The number of carboxylic acids is 1. The van der Waals surface area contributed by atoms with E-state index in [1.54, 1.807) is 12.4 Å². The van der Waals surface area contributed by atoms with Gasteiger partial charge in [-0.1, -0.05) is 48.0 Å². The number of aliphatic carboxylic acids is 1. The van der Waals surface area contributed by atoms with Gasteiger partial charge in [0.25, 0.3) is 0 Å².